The van der Waals surface area contributed by atoms with Gasteiger partial charge < -0.3 is 5.11 Å². The second-order valence-corrected chi connectivity index (χ2v) is 4.12. The third-order valence-electron chi connectivity index (χ3n) is 2.92. The van der Waals surface area contributed by atoms with Crippen LogP contribution in [0.2, 0.25) is 0 Å². The van der Waals surface area contributed by atoms with Gasteiger partial charge in [-0.15, -0.1) is 0 Å². The van der Waals surface area contributed by atoms with Crippen molar-refractivity contribution in [2.75, 3.05) is 0 Å². The second-order valence-electron chi connectivity index (χ2n) is 4.12. The van der Waals surface area contributed by atoms with Crippen LogP contribution in [0.4, 0.5) is 13.2 Å². The van der Waals surface area contributed by atoms with Gasteiger partial charge in [0.05, 0.1) is 6.10 Å². The molecule has 14 heavy (non-hydrogen) atoms. The van der Waals surface area contributed by atoms with Crippen molar-refractivity contribution >= 4 is 0 Å². The van der Waals surface area contributed by atoms with Crippen LogP contribution in [0.5, 0.6) is 0 Å². The fourth-order valence-electron chi connectivity index (χ4n) is 2.07. The van der Waals surface area contributed by atoms with E-state index in [1.807, 2.05) is 0 Å². The quantitative estimate of drug-likeness (QED) is 0.758. The van der Waals surface area contributed by atoms with E-state index in [-0.39, 0.29) is 12.3 Å². The highest BCUT2D eigenvalue weighted by molar-refractivity contribution is 4.73. The Labute approximate surface area is 82.3 Å². The van der Waals surface area contributed by atoms with Crippen LogP contribution in [0.25, 0.3) is 0 Å². The molecular weight excluding hydrogens is 193 g/mol. The summed E-state index contributed by atoms with van der Waals surface area (Å²) in [5.41, 5.74) is 0. The van der Waals surface area contributed by atoms with Gasteiger partial charge >= 0.3 is 6.18 Å². The first kappa shape index (κ1) is 11.8. The number of aliphatic hydroxyl groups excluding tert-OH is 1. The lowest BCUT2D eigenvalue weighted by Crippen LogP contribution is -2.24. The van der Waals surface area contributed by atoms with Crippen LogP contribution in [-0.2, 0) is 0 Å². The SMILES string of the molecule is OC(CCC(F)(F)F)C1CCCCC1. The molecule has 0 aromatic carbocycles. The van der Waals surface area contributed by atoms with Crippen molar-refractivity contribution in [2.45, 2.75) is 57.2 Å². The topological polar surface area (TPSA) is 20.2 Å². The molecule has 4 heteroatoms. The Morgan fingerprint density at radius 3 is 2.21 bits per heavy atom. The number of halogens is 3. The summed E-state index contributed by atoms with van der Waals surface area (Å²) in [6, 6.07) is 0. The van der Waals surface area contributed by atoms with E-state index in [9.17, 15) is 18.3 Å². The second kappa shape index (κ2) is 5.01. The van der Waals surface area contributed by atoms with Crippen molar-refractivity contribution in [3.05, 3.63) is 0 Å². The van der Waals surface area contributed by atoms with Crippen LogP contribution in [-0.4, -0.2) is 17.4 Å². The van der Waals surface area contributed by atoms with Crippen molar-refractivity contribution in [1.29, 1.82) is 0 Å². The van der Waals surface area contributed by atoms with Crippen molar-refractivity contribution in [3.8, 4) is 0 Å². The zero-order valence-electron chi connectivity index (χ0n) is 8.19. The first-order valence-electron chi connectivity index (χ1n) is 5.24. The van der Waals surface area contributed by atoms with Gasteiger partial charge in [-0.2, -0.15) is 13.2 Å². The maximum Gasteiger partial charge on any atom is 0.389 e. The molecule has 0 saturated heterocycles. The zero-order chi connectivity index (χ0) is 10.6. The summed E-state index contributed by atoms with van der Waals surface area (Å²) in [5.74, 6) is 0.103. The standard InChI is InChI=1S/C10H17F3O/c11-10(12,13)7-6-9(14)8-4-2-1-3-5-8/h8-9,14H,1-7H2. The normalized spacial score (nSPS) is 22.3. The van der Waals surface area contributed by atoms with Gasteiger partial charge in [0.1, 0.15) is 0 Å². The van der Waals surface area contributed by atoms with E-state index < -0.39 is 18.7 Å². The van der Waals surface area contributed by atoms with E-state index in [2.05, 4.69) is 0 Å². The minimum Gasteiger partial charge on any atom is -0.393 e. The molecule has 0 heterocycles. The fraction of sp³-hybridized carbons (Fsp3) is 1.00. The van der Waals surface area contributed by atoms with E-state index in [0.717, 1.165) is 32.1 Å². The predicted octanol–water partition coefficient (Wildman–Crippen LogP) is 3.27. The first-order valence-corrected chi connectivity index (χ1v) is 5.24. The Morgan fingerprint density at radius 2 is 1.71 bits per heavy atom. The van der Waals surface area contributed by atoms with Crippen molar-refractivity contribution in [1.82, 2.24) is 0 Å². The smallest absolute Gasteiger partial charge is 0.389 e. The van der Waals surface area contributed by atoms with Crippen molar-refractivity contribution in [2.24, 2.45) is 5.92 Å². The summed E-state index contributed by atoms with van der Waals surface area (Å²) in [7, 11) is 0. The lowest BCUT2D eigenvalue weighted by Gasteiger charge is -2.26. The summed E-state index contributed by atoms with van der Waals surface area (Å²) in [6.07, 6.45) is -0.840. The lowest BCUT2D eigenvalue weighted by molar-refractivity contribution is -0.141. The monoisotopic (exact) mass is 210 g/mol. The molecule has 1 rings (SSSR count). The molecule has 1 saturated carbocycles. The van der Waals surface area contributed by atoms with Crippen LogP contribution in [0.3, 0.4) is 0 Å². The van der Waals surface area contributed by atoms with Gasteiger partial charge in [0.2, 0.25) is 0 Å². The molecule has 1 N–H and O–H groups in total. The molecule has 0 amide bonds. The van der Waals surface area contributed by atoms with Crippen molar-refractivity contribution < 1.29 is 18.3 Å². The molecule has 1 aliphatic carbocycles. The zero-order valence-corrected chi connectivity index (χ0v) is 8.19. The maximum atomic E-state index is 11.9. The van der Waals surface area contributed by atoms with Crippen LogP contribution in [0.1, 0.15) is 44.9 Å². The molecular formula is C10H17F3O. The van der Waals surface area contributed by atoms with Gasteiger partial charge in [0.15, 0.2) is 0 Å². The maximum absolute atomic E-state index is 11.9. The van der Waals surface area contributed by atoms with Gasteiger partial charge in [0, 0.05) is 6.42 Å². The van der Waals surface area contributed by atoms with Gasteiger partial charge in [-0.05, 0) is 25.2 Å². The molecule has 1 unspecified atom stereocenters. The van der Waals surface area contributed by atoms with Gasteiger partial charge in [-0.1, -0.05) is 19.3 Å². The molecule has 0 radical (unpaired) electrons. The predicted molar refractivity (Wildman–Crippen MR) is 47.9 cm³/mol. The Morgan fingerprint density at radius 1 is 1.14 bits per heavy atom. The highest BCUT2D eigenvalue weighted by atomic mass is 19.4. The number of alkyl halides is 3. The molecule has 0 aromatic heterocycles. The van der Waals surface area contributed by atoms with Gasteiger partial charge in [0.25, 0.3) is 0 Å². The summed E-state index contributed by atoms with van der Waals surface area (Å²) in [5, 5.41) is 9.54. The Bertz CT molecular complexity index is 161. The third kappa shape index (κ3) is 4.31. The van der Waals surface area contributed by atoms with Gasteiger partial charge in [-0.3, -0.25) is 0 Å². The minimum absolute atomic E-state index is 0.103. The van der Waals surface area contributed by atoms with Crippen LogP contribution in [0.15, 0.2) is 0 Å². The summed E-state index contributed by atoms with van der Waals surface area (Å²) in [4.78, 5) is 0. The van der Waals surface area contributed by atoms with E-state index in [4.69, 9.17) is 0 Å². The number of hydrogen-bond acceptors (Lipinski definition) is 1. The van der Waals surface area contributed by atoms with Crippen LogP contribution < -0.4 is 0 Å². The molecule has 0 spiro atoms. The third-order valence-corrected chi connectivity index (χ3v) is 2.92. The van der Waals surface area contributed by atoms with Gasteiger partial charge in [-0.25, -0.2) is 0 Å². The molecule has 1 atom stereocenters. The summed E-state index contributed by atoms with van der Waals surface area (Å²) >= 11 is 0. The molecule has 1 aliphatic rings. The summed E-state index contributed by atoms with van der Waals surface area (Å²) in [6.45, 7) is 0. The van der Waals surface area contributed by atoms with E-state index in [1.54, 1.807) is 0 Å². The Hall–Kier alpha value is -0.250. The summed E-state index contributed by atoms with van der Waals surface area (Å²) < 4.78 is 35.6. The van der Waals surface area contributed by atoms with E-state index >= 15 is 0 Å². The molecule has 84 valence electrons. The largest absolute Gasteiger partial charge is 0.393 e. The average molecular weight is 210 g/mol. The minimum atomic E-state index is -4.13. The number of hydrogen-bond donors (Lipinski definition) is 1. The Kier molecular flexibility index (Phi) is 4.23. The molecule has 0 aromatic rings. The molecule has 0 bridgehead atoms. The van der Waals surface area contributed by atoms with Crippen LogP contribution >= 0.6 is 0 Å². The number of aliphatic hydroxyl groups is 1. The highest BCUT2D eigenvalue weighted by Gasteiger charge is 2.30. The first-order chi connectivity index (χ1) is 6.49. The molecule has 1 nitrogen and oxygen atoms in total. The Balaban J connectivity index is 2.23. The highest BCUT2D eigenvalue weighted by Crippen LogP contribution is 2.30. The van der Waals surface area contributed by atoms with Crippen molar-refractivity contribution in [3.63, 3.8) is 0 Å². The average Bonchev–Trinajstić information content (AvgIpc) is 2.14. The fourth-order valence-corrected chi connectivity index (χ4v) is 2.07. The molecule has 0 aliphatic heterocycles. The molecule has 1 fully saturated rings. The van der Waals surface area contributed by atoms with E-state index in [1.165, 1.54) is 0 Å². The number of rotatable bonds is 3. The van der Waals surface area contributed by atoms with Crippen LogP contribution in [0, 0.1) is 5.92 Å². The van der Waals surface area contributed by atoms with E-state index in [0.29, 0.717) is 0 Å². The lowest BCUT2D eigenvalue weighted by atomic mass is 9.84.